The topological polar surface area (TPSA) is 79.4 Å². The van der Waals surface area contributed by atoms with E-state index >= 15 is 0 Å². The maximum atomic E-state index is 12.9. The number of thiazole rings is 1. The van der Waals surface area contributed by atoms with Crippen LogP contribution in [0.5, 0.6) is 0 Å². The Hall–Kier alpha value is -2.55. The van der Waals surface area contributed by atoms with Crippen molar-refractivity contribution < 1.29 is 13.2 Å². The molecule has 1 aliphatic rings. The molecule has 0 aliphatic carbocycles. The Labute approximate surface area is 167 Å². The van der Waals surface area contributed by atoms with E-state index in [9.17, 15) is 13.2 Å². The Balaban J connectivity index is 1.56. The predicted molar refractivity (Wildman–Crippen MR) is 111 cm³/mol. The lowest BCUT2D eigenvalue weighted by atomic mass is 9.95. The molecule has 1 N–H and O–H groups in total. The molecule has 2 aromatic carbocycles. The van der Waals surface area contributed by atoms with Gasteiger partial charge in [0.05, 0.1) is 6.26 Å². The molecule has 1 aliphatic heterocycles. The summed E-state index contributed by atoms with van der Waals surface area (Å²) in [7, 11) is -3.53. The van der Waals surface area contributed by atoms with Crippen LogP contribution >= 0.6 is 11.3 Å². The molecule has 3 aromatic rings. The number of benzene rings is 2. The molecule has 0 saturated heterocycles. The highest BCUT2D eigenvalue weighted by Crippen LogP contribution is 2.27. The monoisotopic (exact) mass is 413 g/mol. The second-order valence-electron chi connectivity index (χ2n) is 6.70. The smallest absolute Gasteiger partial charge is 0.243 e. The van der Waals surface area contributed by atoms with Gasteiger partial charge in [0.2, 0.25) is 15.9 Å². The van der Waals surface area contributed by atoms with Crippen LogP contribution in [0.3, 0.4) is 0 Å². The van der Waals surface area contributed by atoms with Gasteiger partial charge >= 0.3 is 0 Å². The molecular formula is C20H19N3O3S2. The second kappa shape index (κ2) is 7.46. The minimum atomic E-state index is -3.53. The van der Waals surface area contributed by atoms with Crippen LogP contribution < -0.4 is 5.32 Å². The molecule has 28 heavy (non-hydrogen) atoms. The number of anilines is 1. The average Bonchev–Trinajstić information content (AvgIpc) is 3.21. The van der Waals surface area contributed by atoms with Crippen LogP contribution in [0, 0.1) is 0 Å². The summed E-state index contributed by atoms with van der Waals surface area (Å²) in [5, 5.41) is 5.67. The zero-order valence-corrected chi connectivity index (χ0v) is 16.8. The molecule has 4 rings (SSSR count). The molecule has 0 spiro atoms. The van der Waals surface area contributed by atoms with Crippen LogP contribution in [-0.4, -0.2) is 35.9 Å². The van der Waals surface area contributed by atoms with E-state index in [1.165, 1.54) is 4.31 Å². The Morgan fingerprint density at radius 3 is 2.50 bits per heavy atom. The van der Waals surface area contributed by atoms with Gasteiger partial charge in [0.25, 0.3) is 0 Å². The lowest BCUT2D eigenvalue weighted by molar-refractivity contribution is -0.120. The van der Waals surface area contributed by atoms with Gasteiger partial charge in [-0.05, 0) is 41.8 Å². The number of hydrogen-bond acceptors (Lipinski definition) is 5. The quantitative estimate of drug-likeness (QED) is 0.713. The van der Waals surface area contributed by atoms with E-state index in [0.717, 1.165) is 28.0 Å². The molecule has 8 heteroatoms. The van der Waals surface area contributed by atoms with Crippen LogP contribution in [0.1, 0.15) is 11.1 Å². The van der Waals surface area contributed by atoms with Crippen molar-refractivity contribution >= 4 is 33.0 Å². The van der Waals surface area contributed by atoms with Gasteiger partial charge in [-0.2, -0.15) is 4.31 Å². The second-order valence-corrected chi connectivity index (χ2v) is 9.53. The molecule has 0 unspecified atom stereocenters. The molecule has 1 aromatic heterocycles. The van der Waals surface area contributed by atoms with Crippen LogP contribution in [0.25, 0.3) is 10.6 Å². The Morgan fingerprint density at radius 2 is 1.86 bits per heavy atom. The standard InChI is InChI=1S/C20H19N3O3S2/c1-28(25,26)23-13-16-5-3-2-4-15(16)12-18(23)19(24)22-17-8-6-14(7-9-17)20-21-10-11-27-20/h2-11,18H,12-13H2,1H3,(H,22,24)/t18-/m1/s1. The van der Waals surface area contributed by atoms with Crippen LogP contribution in [0.15, 0.2) is 60.1 Å². The van der Waals surface area contributed by atoms with Crippen molar-refractivity contribution in [2.45, 2.75) is 19.0 Å². The fourth-order valence-electron chi connectivity index (χ4n) is 3.36. The van der Waals surface area contributed by atoms with Gasteiger partial charge in [0, 0.05) is 29.4 Å². The van der Waals surface area contributed by atoms with E-state index in [1.54, 1.807) is 29.7 Å². The summed E-state index contributed by atoms with van der Waals surface area (Å²) in [6.45, 7) is 0.204. The van der Waals surface area contributed by atoms with Gasteiger partial charge in [-0.25, -0.2) is 13.4 Å². The maximum absolute atomic E-state index is 12.9. The fourth-order valence-corrected chi connectivity index (χ4v) is 5.01. The number of rotatable bonds is 4. The molecule has 0 radical (unpaired) electrons. The maximum Gasteiger partial charge on any atom is 0.243 e. The number of sulfonamides is 1. The Kier molecular flexibility index (Phi) is 5.01. The Morgan fingerprint density at radius 1 is 1.14 bits per heavy atom. The lowest BCUT2D eigenvalue weighted by Crippen LogP contribution is -2.50. The predicted octanol–water partition coefficient (Wildman–Crippen LogP) is 3.14. The summed E-state index contributed by atoms with van der Waals surface area (Å²) in [4.78, 5) is 17.2. The summed E-state index contributed by atoms with van der Waals surface area (Å²) < 4.78 is 25.8. The number of nitrogens with zero attached hydrogens (tertiary/aromatic N) is 2. The van der Waals surface area contributed by atoms with Gasteiger partial charge in [-0.3, -0.25) is 4.79 Å². The zero-order valence-electron chi connectivity index (χ0n) is 15.2. The van der Waals surface area contributed by atoms with Crippen LogP contribution in [0.4, 0.5) is 5.69 Å². The highest BCUT2D eigenvalue weighted by Gasteiger charge is 2.36. The first-order valence-electron chi connectivity index (χ1n) is 8.76. The number of aromatic nitrogens is 1. The van der Waals surface area contributed by atoms with Crippen molar-refractivity contribution in [3.63, 3.8) is 0 Å². The largest absolute Gasteiger partial charge is 0.325 e. The summed E-state index contributed by atoms with van der Waals surface area (Å²) in [5.74, 6) is -0.332. The molecule has 144 valence electrons. The molecule has 0 fully saturated rings. The molecule has 1 atom stereocenters. The average molecular weight is 414 g/mol. The minimum absolute atomic E-state index is 0.204. The molecule has 2 heterocycles. The van der Waals surface area contributed by atoms with Crippen molar-refractivity contribution in [3.8, 4) is 10.6 Å². The van der Waals surface area contributed by atoms with E-state index in [4.69, 9.17) is 0 Å². The zero-order chi connectivity index (χ0) is 19.7. The van der Waals surface area contributed by atoms with Crippen LogP contribution in [-0.2, 0) is 27.8 Å². The normalized spacial score (nSPS) is 17.1. The number of carbonyl (C=O) groups excluding carboxylic acids is 1. The molecule has 0 bridgehead atoms. The van der Waals surface area contributed by atoms with Crippen LogP contribution in [0.2, 0.25) is 0 Å². The number of carbonyl (C=O) groups is 1. The highest BCUT2D eigenvalue weighted by atomic mass is 32.2. The summed E-state index contributed by atoms with van der Waals surface area (Å²) in [6.07, 6.45) is 3.24. The third-order valence-corrected chi connectivity index (χ3v) is 6.82. The van der Waals surface area contributed by atoms with E-state index < -0.39 is 16.1 Å². The third-order valence-electron chi connectivity index (χ3n) is 4.77. The van der Waals surface area contributed by atoms with E-state index in [2.05, 4.69) is 10.3 Å². The molecule has 1 amide bonds. The van der Waals surface area contributed by atoms with Crippen molar-refractivity contribution in [2.24, 2.45) is 0 Å². The summed E-state index contributed by atoms with van der Waals surface area (Å²) in [6, 6.07) is 14.2. The number of nitrogens with one attached hydrogen (secondary N) is 1. The Bertz CT molecular complexity index is 1090. The number of amides is 1. The number of fused-ring (bicyclic) bond motifs is 1. The lowest BCUT2D eigenvalue weighted by Gasteiger charge is -2.34. The van der Waals surface area contributed by atoms with Gasteiger partial charge in [0.1, 0.15) is 11.0 Å². The van der Waals surface area contributed by atoms with Crippen molar-refractivity contribution in [1.82, 2.24) is 9.29 Å². The third kappa shape index (κ3) is 3.84. The van der Waals surface area contributed by atoms with E-state index in [0.29, 0.717) is 12.1 Å². The fraction of sp³-hybridized carbons (Fsp3) is 0.200. The minimum Gasteiger partial charge on any atom is -0.325 e. The van der Waals surface area contributed by atoms with Crippen molar-refractivity contribution in [1.29, 1.82) is 0 Å². The van der Waals surface area contributed by atoms with Gasteiger partial charge in [-0.15, -0.1) is 11.3 Å². The first-order chi connectivity index (χ1) is 13.4. The molecular weight excluding hydrogens is 394 g/mol. The van der Waals surface area contributed by atoms with E-state index in [1.807, 2.05) is 41.8 Å². The number of hydrogen-bond donors (Lipinski definition) is 1. The van der Waals surface area contributed by atoms with Gasteiger partial charge in [-0.1, -0.05) is 24.3 Å². The van der Waals surface area contributed by atoms with Gasteiger partial charge < -0.3 is 5.32 Å². The summed E-state index contributed by atoms with van der Waals surface area (Å²) in [5.41, 5.74) is 3.53. The van der Waals surface area contributed by atoms with E-state index in [-0.39, 0.29) is 12.5 Å². The highest BCUT2D eigenvalue weighted by molar-refractivity contribution is 7.88. The molecule has 6 nitrogen and oxygen atoms in total. The first-order valence-corrected chi connectivity index (χ1v) is 11.5. The summed E-state index contributed by atoms with van der Waals surface area (Å²) >= 11 is 1.54. The van der Waals surface area contributed by atoms with Gasteiger partial charge in [0.15, 0.2) is 0 Å². The van der Waals surface area contributed by atoms with Crippen molar-refractivity contribution in [3.05, 3.63) is 71.2 Å². The molecule has 0 saturated carbocycles. The first kappa shape index (κ1) is 18.8. The van der Waals surface area contributed by atoms with Crippen molar-refractivity contribution in [2.75, 3.05) is 11.6 Å². The SMILES string of the molecule is CS(=O)(=O)N1Cc2ccccc2C[C@@H]1C(=O)Nc1ccc(-c2nccs2)cc1.